The molecule has 3 rings (SSSR count). The van der Waals surface area contributed by atoms with E-state index in [1.54, 1.807) is 0 Å². The van der Waals surface area contributed by atoms with Gasteiger partial charge in [0.15, 0.2) is 0 Å². The molecule has 1 saturated carbocycles. The molecule has 1 heteroatoms. The molecule has 2 aromatic rings. The van der Waals surface area contributed by atoms with Crippen molar-refractivity contribution in [2.24, 2.45) is 5.41 Å². The first-order valence-corrected chi connectivity index (χ1v) is 8.18. The Hall–Kier alpha value is -2.07. The van der Waals surface area contributed by atoms with Crippen molar-refractivity contribution in [3.05, 3.63) is 59.7 Å². The Morgan fingerprint density at radius 2 is 1.41 bits per heavy atom. The van der Waals surface area contributed by atoms with E-state index in [4.69, 9.17) is 0 Å². The highest BCUT2D eigenvalue weighted by Crippen LogP contribution is 2.42. The molecular weight excluding hydrogens is 266 g/mol. The summed E-state index contributed by atoms with van der Waals surface area (Å²) >= 11 is 0. The molecule has 0 heterocycles. The lowest BCUT2D eigenvalue weighted by Gasteiger charge is -2.32. The summed E-state index contributed by atoms with van der Waals surface area (Å²) in [5.74, 6) is 0.619. The number of benzene rings is 2. The van der Waals surface area contributed by atoms with Gasteiger partial charge in [-0.05, 0) is 62.1 Å². The molecule has 0 spiro atoms. The van der Waals surface area contributed by atoms with E-state index in [1.807, 2.05) is 0 Å². The third-order valence-corrected chi connectivity index (χ3v) is 5.13. The molecule has 0 saturated heterocycles. The van der Waals surface area contributed by atoms with Crippen molar-refractivity contribution in [3.63, 3.8) is 0 Å². The molecule has 1 aliphatic rings. The van der Waals surface area contributed by atoms with Gasteiger partial charge in [-0.25, -0.2) is 0 Å². The van der Waals surface area contributed by atoms with Crippen LogP contribution in [0.4, 0.5) is 0 Å². The first-order chi connectivity index (χ1) is 10.6. The van der Waals surface area contributed by atoms with E-state index in [0.717, 1.165) is 25.7 Å². The zero-order valence-corrected chi connectivity index (χ0v) is 13.5. The second-order valence-corrected chi connectivity index (χ2v) is 6.93. The van der Waals surface area contributed by atoms with Crippen LogP contribution in [0, 0.1) is 23.7 Å². The molecule has 112 valence electrons. The monoisotopic (exact) mass is 289 g/mol. The minimum Gasteiger partial charge on any atom is -0.198 e. The fourth-order valence-corrected chi connectivity index (χ4v) is 3.39. The van der Waals surface area contributed by atoms with Crippen molar-refractivity contribution in [3.8, 4) is 17.2 Å². The molecule has 1 aliphatic carbocycles. The number of hydrogen-bond donors (Lipinski definition) is 0. The van der Waals surface area contributed by atoms with Crippen LogP contribution in [0.1, 0.15) is 49.7 Å². The third kappa shape index (κ3) is 3.07. The average Bonchev–Trinajstić information content (AvgIpc) is 2.57. The van der Waals surface area contributed by atoms with Crippen LogP contribution in [-0.2, 0) is 0 Å². The van der Waals surface area contributed by atoms with Gasteiger partial charge in [-0.15, -0.1) is 0 Å². The predicted molar refractivity (Wildman–Crippen MR) is 91.5 cm³/mol. The minimum absolute atomic E-state index is 0.0989. The standard InChI is InChI=1S/C21H23N/c1-16-3-5-17(6-4-16)18-7-9-19(10-8-18)20-11-13-21(2,15-22)14-12-20/h3-10,20H,11-14H2,1-2H3. The van der Waals surface area contributed by atoms with Gasteiger partial charge in [0.05, 0.1) is 11.5 Å². The maximum Gasteiger partial charge on any atom is 0.0686 e. The van der Waals surface area contributed by atoms with Crippen molar-refractivity contribution in [1.29, 1.82) is 5.26 Å². The van der Waals surface area contributed by atoms with E-state index in [2.05, 4.69) is 68.4 Å². The molecule has 22 heavy (non-hydrogen) atoms. The first kappa shape index (κ1) is 14.9. The Bertz CT molecular complexity index is 665. The molecule has 2 aromatic carbocycles. The lowest BCUT2D eigenvalue weighted by molar-refractivity contribution is 0.270. The molecule has 0 N–H and O–H groups in total. The first-order valence-electron chi connectivity index (χ1n) is 8.18. The third-order valence-electron chi connectivity index (χ3n) is 5.13. The molecule has 0 atom stereocenters. The van der Waals surface area contributed by atoms with E-state index in [0.29, 0.717) is 5.92 Å². The molecular formula is C21H23N. The average molecular weight is 289 g/mol. The molecule has 0 amide bonds. The summed E-state index contributed by atoms with van der Waals surface area (Å²) in [6.45, 7) is 4.22. The van der Waals surface area contributed by atoms with Crippen LogP contribution in [0.2, 0.25) is 0 Å². The Morgan fingerprint density at radius 3 is 1.91 bits per heavy atom. The van der Waals surface area contributed by atoms with Gasteiger partial charge in [0.2, 0.25) is 0 Å². The van der Waals surface area contributed by atoms with Crippen molar-refractivity contribution in [2.75, 3.05) is 0 Å². The van der Waals surface area contributed by atoms with Crippen LogP contribution in [0.5, 0.6) is 0 Å². The molecule has 0 unspecified atom stereocenters. The summed E-state index contributed by atoms with van der Waals surface area (Å²) in [5, 5.41) is 9.24. The quantitative estimate of drug-likeness (QED) is 0.680. The van der Waals surface area contributed by atoms with Gasteiger partial charge in [-0.3, -0.25) is 0 Å². The second kappa shape index (κ2) is 5.97. The van der Waals surface area contributed by atoms with Crippen molar-refractivity contribution in [2.45, 2.75) is 45.4 Å². The van der Waals surface area contributed by atoms with E-state index < -0.39 is 0 Å². The summed E-state index contributed by atoms with van der Waals surface area (Å²) in [4.78, 5) is 0. The van der Waals surface area contributed by atoms with E-state index >= 15 is 0 Å². The van der Waals surface area contributed by atoms with Gasteiger partial charge >= 0.3 is 0 Å². The van der Waals surface area contributed by atoms with Gasteiger partial charge in [0.25, 0.3) is 0 Å². The fraction of sp³-hybridized carbons (Fsp3) is 0.381. The minimum atomic E-state index is -0.0989. The Labute approximate surface area is 133 Å². The van der Waals surface area contributed by atoms with E-state index in [-0.39, 0.29) is 5.41 Å². The summed E-state index contributed by atoms with van der Waals surface area (Å²) < 4.78 is 0. The summed E-state index contributed by atoms with van der Waals surface area (Å²) in [7, 11) is 0. The molecule has 0 bridgehead atoms. The van der Waals surface area contributed by atoms with Crippen LogP contribution in [0.15, 0.2) is 48.5 Å². The SMILES string of the molecule is Cc1ccc(-c2ccc(C3CCC(C)(C#N)CC3)cc2)cc1. The molecule has 1 fully saturated rings. The van der Waals surface area contributed by atoms with Gasteiger partial charge in [-0.1, -0.05) is 54.1 Å². The van der Waals surface area contributed by atoms with Gasteiger partial charge in [-0.2, -0.15) is 5.26 Å². The van der Waals surface area contributed by atoms with E-state index in [1.165, 1.54) is 22.3 Å². The van der Waals surface area contributed by atoms with Crippen LogP contribution in [-0.4, -0.2) is 0 Å². The smallest absolute Gasteiger partial charge is 0.0686 e. The zero-order valence-electron chi connectivity index (χ0n) is 13.5. The highest BCUT2D eigenvalue weighted by atomic mass is 14.4. The van der Waals surface area contributed by atoms with Crippen molar-refractivity contribution in [1.82, 2.24) is 0 Å². The number of hydrogen-bond acceptors (Lipinski definition) is 1. The Balaban J connectivity index is 1.73. The highest BCUT2D eigenvalue weighted by molar-refractivity contribution is 5.64. The number of aryl methyl sites for hydroxylation is 1. The number of nitriles is 1. The molecule has 0 aromatic heterocycles. The summed E-state index contributed by atoms with van der Waals surface area (Å²) in [6.07, 6.45) is 4.31. The topological polar surface area (TPSA) is 23.8 Å². The van der Waals surface area contributed by atoms with Crippen molar-refractivity contribution >= 4 is 0 Å². The zero-order chi connectivity index (χ0) is 15.6. The van der Waals surface area contributed by atoms with Gasteiger partial charge in [0, 0.05) is 0 Å². The summed E-state index contributed by atoms with van der Waals surface area (Å²) in [5.41, 5.74) is 5.18. The lowest BCUT2D eigenvalue weighted by Crippen LogP contribution is -2.21. The maximum absolute atomic E-state index is 9.24. The van der Waals surface area contributed by atoms with Crippen LogP contribution in [0.25, 0.3) is 11.1 Å². The highest BCUT2D eigenvalue weighted by Gasteiger charge is 2.31. The molecule has 0 aliphatic heterocycles. The second-order valence-electron chi connectivity index (χ2n) is 6.93. The Morgan fingerprint density at radius 1 is 0.909 bits per heavy atom. The Kier molecular flexibility index (Phi) is 4.03. The van der Waals surface area contributed by atoms with Crippen LogP contribution < -0.4 is 0 Å². The van der Waals surface area contributed by atoms with Gasteiger partial charge < -0.3 is 0 Å². The van der Waals surface area contributed by atoms with Gasteiger partial charge in [0.1, 0.15) is 0 Å². The lowest BCUT2D eigenvalue weighted by atomic mass is 9.71. The van der Waals surface area contributed by atoms with Crippen LogP contribution in [0.3, 0.4) is 0 Å². The number of rotatable bonds is 2. The largest absolute Gasteiger partial charge is 0.198 e. The molecule has 1 nitrogen and oxygen atoms in total. The normalized spacial score (nSPS) is 24.7. The maximum atomic E-state index is 9.24. The van der Waals surface area contributed by atoms with Crippen LogP contribution >= 0.6 is 0 Å². The predicted octanol–water partition coefficient (Wildman–Crippen LogP) is 5.85. The fourth-order valence-electron chi connectivity index (χ4n) is 3.39. The van der Waals surface area contributed by atoms with E-state index in [9.17, 15) is 5.26 Å². The molecule has 0 radical (unpaired) electrons. The number of nitrogens with zero attached hydrogens (tertiary/aromatic N) is 1. The summed E-state index contributed by atoms with van der Waals surface area (Å²) in [6, 6.07) is 20.2. The van der Waals surface area contributed by atoms with Crippen molar-refractivity contribution < 1.29 is 0 Å².